The Balaban J connectivity index is 1.28. The van der Waals surface area contributed by atoms with Gasteiger partial charge in [-0.25, -0.2) is 0 Å². The quantitative estimate of drug-likeness (QED) is 0.817. The van der Waals surface area contributed by atoms with Crippen LogP contribution in [0, 0.1) is 23.2 Å². The Labute approximate surface area is 162 Å². The van der Waals surface area contributed by atoms with Gasteiger partial charge in [-0.2, -0.15) is 11.8 Å². The summed E-state index contributed by atoms with van der Waals surface area (Å²) in [5.41, 5.74) is 0.164. The first-order valence-electron chi connectivity index (χ1n) is 10.9. The smallest absolute Gasteiger partial charge is 0.226 e. The van der Waals surface area contributed by atoms with E-state index in [4.69, 9.17) is 4.74 Å². The molecule has 26 heavy (non-hydrogen) atoms. The van der Waals surface area contributed by atoms with Crippen molar-refractivity contribution in [2.45, 2.75) is 56.9 Å². The monoisotopic (exact) mass is 378 g/mol. The second-order valence-electron chi connectivity index (χ2n) is 9.82. The van der Waals surface area contributed by atoms with Gasteiger partial charge in [-0.15, -0.1) is 0 Å². The molecule has 0 aromatic rings. The molecule has 0 aromatic carbocycles. The van der Waals surface area contributed by atoms with Crippen LogP contribution in [0.2, 0.25) is 0 Å². The molecule has 0 atom stereocenters. The summed E-state index contributed by atoms with van der Waals surface area (Å²) in [6.45, 7) is 4.60. The molecule has 0 unspecified atom stereocenters. The van der Waals surface area contributed by atoms with Crippen LogP contribution in [0.1, 0.15) is 51.4 Å². The molecular formula is C21H34N2O2S. The molecule has 0 aromatic heterocycles. The number of morpholine rings is 1. The van der Waals surface area contributed by atoms with Crippen LogP contribution < -0.4 is 5.32 Å². The van der Waals surface area contributed by atoms with Gasteiger partial charge < -0.3 is 10.1 Å². The third-order valence-corrected chi connectivity index (χ3v) is 9.19. The molecule has 1 N–H and O–H groups in total. The maximum atomic E-state index is 13.4. The highest BCUT2D eigenvalue weighted by Gasteiger charge is 2.55. The zero-order valence-electron chi connectivity index (χ0n) is 16.0. The second kappa shape index (κ2) is 6.97. The molecule has 4 saturated carbocycles. The highest BCUT2D eigenvalue weighted by Crippen LogP contribution is 2.60. The van der Waals surface area contributed by atoms with Crippen LogP contribution in [0.25, 0.3) is 0 Å². The summed E-state index contributed by atoms with van der Waals surface area (Å²) in [5.74, 6) is 5.38. The fourth-order valence-corrected chi connectivity index (χ4v) is 8.47. The molecule has 1 amide bonds. The van der Waals surface area contributed by atoms with Crippen molar-refractivity contribution in [1.82, 2.24) is 10.2 Å². The van der Waals surface area contributed by atoms with Crippen molar-refractivity contribution >= 4 is 17.7 Å². The lowest BCUT2D eigenvalue weighted by Gasteiger charge is -2.56. The predicted molar refractivity (Wildman–Crippen MR) is 105 cm³/mol. The van der Waals surface area contributed by atoms with Crippen LogP contribution in [0.15, 0.2) is 0 Å². The fourth-order valence-electron chi connectivity index (χ4n) is 7.21. The molecule has 6 fully saturated rings. The van der Waals surface area contributed by atoms with Crippen molar-refractivity contribution in [1.29, 1.82) is 0 Å². The van der Waals surface area contributed by atoms with Gasteiger partial charge in [0.05, 0.1) is 13.2 Å². The molecule has 2 heterocycles. The Morgan fingerprint density at radius 1 is 1.00 bits per heavy atom. The van der Waals surface area contributed by atoms with Gasteiger partial charge in [0.15, 0.2) is 0 Å². The minimum absolute atomic E-state index is 0.00956. The average Bonchev–Trinajstić information content (AvgIpc) is 2.66. The topological polar surface area (TPSA) is 41.6 Å². The van der Waals surface area contributed by atoms with E-state index in [9.17, 15) is 4.79 Å². The molecule has 2 saturated heterocycles. The van der Waals surface area contributed by atoms with E-state index in [2.05, 4.69) is 22.0 Å². The van der Waals surface area contributed by atoms with Crippen molar-refractivity contribution in [3.05, 3.63) is 0 Å². The number of nitrogens with zero attached hydrogens (tertiary/aromatic N) is 1. The Bertz CT molecular complexity index is 505. The van der Waals surface area contributed by atoms with Gasteiger partial charge in [0.25, 0.3) is 0 Å². The van der Waals surface area contributed by atoms with Crippen molar-refractivity contribution in [3.63, 3.8) is 0 Å². The number of hydrogen-bond donors (Lipinski definition) is 1. The number of amides is 1. The zero-order valence-corrected chi connectivity index (χ0v) is 16.8. The normalized spacial score (nSPS) is 41.9. The summed E-state index contributed by atoms with van der Waals surface area (Å²) in [7, 11) is 0. The van der Waals surface area contributed by atoms with E-state index >= 15 is 0 Å². The van der Waals surface area contributed by atoms with Crippen LogP contribution in [-0.4, -0.2) is 60.7 Å². The molecule has 5 heteroatoms. The molecule has 4 aliphatic carbocycles. The average molecular weight is 379 g/mol. The summed E-state index contributed by atoms with van der Waals surface area (Å²) in [5, 5.41) is 3.52. The van der Waals surface area contributed by atoms with E-state index in [1.807, 2.05) is 0 Å². The van der Waals surface area contributed by atoms with E-state index in [1.165, 1.54) is 62.9 Å². The summed E-state index contributed by atoms with van der Waals surface area (Å²) in [6, 6.07) is 0. The molecule has 6 aliphatic rings. The SMILES string of the molecule is O=C(NCC1(N2CCOCC2)CCSCC1)C12CC3CC(CC(C3)C1)C2. The van der Waals surface area contributed by atoms with Crippen LogP contribution in [-0.2, 0) is 9.53 Å². The molecule has 0 radical (unpaired) electrons. The zero-order chi connectivity index (χ0) is 17.6. The predicted octanol–water partition coefficient (Wildman–Crippen LogP) is 2.92. The molecule has 2 aliphatic heterocycles. The summed E-state index contributed by atoms with van der Waals surface area (Å²) in [6.07, 6.45) is 10.1. The lowest BCUT2D eigenvalue weighted by molar-refractivity contribution is -0.147. The van der Waals surface area contributed by atoms with Crippen LogP contribution in [0.4, 0.5) is 0 Å². The first kappa shape index (κ1) is 17.8. The first-order valence-corrected chi connectivity index (χ1v) is 12.0. The van der Waals surface area contributed by atoms with Gasteiger partial charge in [0, 0.05) is 30.6 Å². The highest BCUT2D eigenvalue weighted by molar-refractivity contribution is 7.99. The number of rotatable bonds is 4. The van der Waals surface area contributed by atoms with Crippen molar-refractivity contribution in [2.75, 3.05) is 44.4 Å². The Morgan fingerprint density at radius 2 is 1.58 bits per heavy atom. The second-order valence-corrected chi connectivity index (χ2v) is 11.0. The summed E-state index contributed by atoms with van der Waals surface area (Å²) in [4.78, 5) is 16.0. The van der Waals surface area contributed by atoms with Crippen molar-refractivity contribution < 1.29 is 9.53 Å². The molecule has 6 rings (SSSR count). The highest BCUT2D eigenvalue weighted by atomic mass is 32.2. The number of thioether (sulfide) groups is 1. The van der Waals surface area contributed by atoms with E-state index in [0.29, 0.717) is 5.91 Å². The van der Waals surface area contributed by atoms with Gasteiger partial charge in [-0.3, -0.25) is 9.69 Å². The van der Waals surface area contributed by atoms with E-state index in [-0.39, 0.29) is 11.0 Å². The van der Waals surface area contributed by atoms with Crippen LogP contribution in [0.3, 0.4) is 0 Å². The lowest BCUT2D eigenvalue weighted by atomic mass is 9.49. The largest absolute Gasteiger partial charge is 0.379 e. The summed E-state index contributed by atoms with van der Waals surface area (Å²) >= 11 is 2.07. The minimum atomic E-state index is -0.00956. The van der Waals surface area contributed by atoms with Crippen molar-refractivity contribution in [2.24, 2.45) is 23.2 Å². The van der Waals surface area contributed by atoms with E-state index < -0.39 is 0 Å². The van der Waals surface area contributed by atoms with E-state index in [1.54, 1.807) is 0 Å². The molecule has 0 spiro atoms. The number of ether oxygens (including phenoxy) is 1. The minimum Gasteiger partial charge on any atom is -0.379 e. The van der Waals surface area contributed by atoms with Gasteiger partial charge in [0.2, 0.25) is 5.91 Å². The number of nitrogens with one attached hydrogen (secondary N) is 1. The van der Waals surface area contributed by atoms with Crippen molar-refractivity contribution in [3.8, 4) is 0 Å². The third kappa shape index (κ3) is 3.12. The van der Waals surface area contributed by atoms with Gasteiger partial charge in [-0.1, -0.05) is 0 Å². The Kier molecular flexibility index (Phi) is 4.77. The molecule has 4 bridgehead atoms. The van der Waals surface area contributed by atoms with E-state index in [0.717, 1.165) is 50.6 Å². The molecule has 146 valence electrons. The molecular weight excluding hydrogens is 344 g/mol. The maximum absolute atomic E-state index is 13.4. The Hall–Kier alpha value is -0.260. The third-order valence-electron chi connectivity index (χ3n) is 8.20. The standard InChI is InChI=1S/C21H34N2O2S/c24-19(20-12-16-9-17(13-20)11-18(10-16)14-20)22-15-21(1-7-26-8-2-21)23-3-5-25-6-4-23/h16-18H,1-15H2,(H,22,24). The van der Waals surface area contributed by atoms with Crippen LogP contribution >= 0.6 is 11.8 Å². The molecule has 4 nitrogen and oxygen atoms in total. The van der Waals surface area contributed by atoms with Crippen LogP contribution in [0.5, 0.6) is 0 Å². The fraction of sp³-hybridized carbons (Fsp3) is 0.952. The van der Waals surface area contributed by atoms with Gasteiger partial charge in [0.1, 0.15) is 0 Å². The van der Waals surface area contributed by atoms with Gasteiger partial charge >= 0.3 is 0 Å². The maximum Gasteiger partial charge on any atom is 0.226 e. The number of carbonyl (C=O) groups is 1. The Morgan fingerprint density at radius 3 is 2.15 bits per heavy atom. The van der Waals surface area contributed by atoms with Gasteiger partial charge in [-0.05, 0) is 80.6 Å². The first-order chi connectivity index (χ1) is 12.7. The lowest BCUT2D eigenvalue weighted by Crippen LogP contribution is -2.62. The summed E-state index contributed by atoms with van der Waals surface area (Å²) < 4.78 is 5.59. The number of carbonyl (C=O) groups excluding carboxylic acids is 1. The number of hydrogen-bond acceptors (Lipinski definition) is 4.